The van der Waals surface area contributed by atoms with Crippen LogP contribution in [-0.4, -0.2) is 45.6 Å². The van der Waals surface area contributed by atoms with E-state index in [2.05, 4.69) is 27.3 Å². The first kappa shape index (κ1) is 20.5. The Bertz CT molecular complexity index is 1160. The topological polar surface area (TPSA) is 82.6 Å². The Labute approximate surface area is 189 Å². The SMILES string of the molecule is O=C(CCN1C(=O)c2ccccc2C1=O)Nc1nc2c(s1)CN(Cc1ccccc1)CC2. The lowest BCUT2D eigenvalue weighted by Gasteiger charge is -2.25. The van der Waals surface area contributed by atoms with Gasteiger partial charge in [-0.2, -0.15) is 0 Å². The van der Waals surface area contributed by atoms with E-state index in [9.17, 15) is 14.4 Å². The van der Waals surface area contributed by atoms with Crippen LogP contribution in [0.4, 0.5) is 5.13 Å². The van der Waals surface area contributed by atoms with E-state index in [1.165, 1.54) is 21.8 Å². The summed E-state index contributed by atoms with van der Waals surface area (Å²) < 4.78 is 0. The zero-order chi connectivity index (χ0) is 22.1. The van der Waals surface area contributed by atoms with Crippen molar-refractivity contribution in [3.63, 3.8) is 0 Å². The molecular formula is C24H22N4O3S. The van der Waals surface area contributed by atoms with Gasteiger partial charge >= 0.3 is 0 Å². The van der Waals surface area contributed by atoms with Crippen molar-refractivity contribution in [2.45, 2.75) is 25.9 Å². The summed E-state index contributed by atoms with van der Waals surface area (Å²) in [6.45, 7) is 2.68. The summed E-state index contributed by atoms with van der Waals surface area (Å²) in [6, 6.07) is 17.1. The van der Waals surface area contributed by atoms with Gasteiger partial charge in [-0.3, -0.25) is 24.2 Å². The van der Waals surface area contributed by atoms with Crippen LogP contribution in [0.15, 0.2) is 54.6 Å². The van der Waals surface area contributed by atoms with Gasteiger partial charge in [-0.15, -0.1) is 11.3 Å². The molecule has 0 radical (unpaired) electrons. The van der Waals surface area contributed by atoms with Crippen molar-refractivity contribution >= 4 is 34.2 Å². The van der Waals surface area contributed by atoms with Gasteiger partial charge in [0.25, 0.3) is 11.8 Å². The highest BCUT2D eigenvalue weighted by atomic mass is 32.1. The number of carbonyl (C=O) groups excluding carboxylic acids is 3. The molecule has 0 saturated carbocycles. The number of nitrogens with zero attached hydrogens (tertiary/aromatic N) is 3. The number of fused-ring (bicyclic) bond motifs is 2. The Balaban J connectivity index is 1.16. The van der Waals surface area contributed by atoms with Crippen LogP contribution in [-0.2, 0) is 24.3 Å². The molecule has 2 aromatic carbocycles. The molecule has 7 nitrogen and oxygen atoms in total. The molecule has 0 spiro atoms. The van der Waals surface area contributed by atoms with Crippen LogP contribution in [0.5, 0.6) is 0 Å². The smallest absolute Gasteiger partial charge is 0.261 e. The third-order valence-electron chi connectivity index (χ3n) is 5.75. The third-order valence-corrected chi connectivity index (χ3v) is 6.74. The fraction of sp³-hybridized carbons (Fsp3) is 0.250. The van der Waals surface area contributed by atoms with Crippen LogP contribution in [0.25, 0.3) is 0 Å². The molecule has 0 aliphatic carbocycles. The van der Waals surface area contributed by atoms with Gasteiger partial charge in [0.1, 0.15) is 0 Å². The Morgan fingerprint density at radius 3 is 2.41 bits per heavy atom. The molecule has 162 valence electrons. The highest BCUT2D eigenvalue weighted by Gasteiger charge is 2.35. The van der Waals surface area contributed by atoms with Crippen LogP contribution < -0.4 is 5.32 Å². The lowest BCUT2D eigenvalue weighted by molar-refractivity contribution is -0.116. The minimum Gasteiger partial charge on any atom is -0.302 e. The fourth-order valence-electron chi connectivity index (χ4n) is 4.12. The predicted octanol–water partition coefficient (Wildman–Crippen LogP) is 3.33. The van der Waals surface area contributed by atoms with E-state index in [-0.39, 0.29) is 30.7 Å². The molecule has 3 amide bonds. The molecule has 1 aromatic heterocycles. The van der Waals surface area contributed by atoms with Gasteiger partial charge in [-0.05, 0) is 17.7 Å². The highest BCUT2D eigenvalue weighted by molar-refractivity contribution is 7.15. The second-order valence-electron chi connectivity index (χ2n) is 7.94. The summed E-state index contributed by atoms with van der Waals surface area (Å²) >= 11 is 1.49. The van der Waals surface area contributed by atoms with Gasteiger partial charge in [0.05, 0.1) is 16.8 Å². The number of carbonyl (C=O) groups is 3. The van der Waals surface area contributed by atoms with Gasteiger partial charge in [0, 0.05) is 43.9 Å². The second kappa shape index (κ2) is 8.64. The van der Waals surface area contributed by atoms with Gasteiger partial charge in [0.2, 0.25) is 5.91 Å². The predicted molar refractivity (Wildman–Crippen MR) is 121 cm³/mol. The fourth-order valence-corrected chi connectivity index (χ4v) is 5.18. The van der Waals surface area contributed by atoms with E-state index >= 15 is 0 Å². The maximum Gasteiger partial charge on any atom is 0.261 e. The Morgan fingerprint density at radius 2 is 1.69 bits per heavy atom. The summed E-state index contributed by atoms with van der Waals surface area (Å²) in [4.78, 5) is 46.6. The number of rotatable bonds is 6. The van der Waals surface area contributed by atoms with Crippen LogP contribution in [0.2, 0.25) is 0 Å². The maximum atomic E-state index is 12.5. The average molecular weight is 447 g/mol. The average Bonchev–Trinajstić information content (AvgIpc) is 3.31. The largest absolute Gasteiger partial charge is 0.302 e. The summed E-state index contributed by atoms with van der Waals surface area (Å²) in [7, 11) is 0. The van der Waals surface area contributed by atoms with Crippen molar-refractivity contribution in [1.82, 2.24) is 14.8 Å². The van der Waals surface area contributed by atoms with Crippen LogP contribution >= 0.6 is 11.3 Å². The molecule has 32 heavy (non-hydrogen) atoms. The third kappa shape index (κ3) is 4.06. The summed E-state index contributed by atoms with van der Waals surface area (Å²) in [5, 5.41) is 3.41. The van der Waals surface area contributed by atoms with Crippen molar-refractivity contribution in [1.29, 1.82) is 0 Å². The Kier molecular flexibility index (Phi) is 5.55. The number of nitrogens with one attached hydrogen (secondary N) is 1. The molecule has 2 aliphatic heterocycles. The number of hydrogen-bond acceptors (Lipinski definition) is 6. The first-order valence-corrected chi connectivity index (χ1v) is 11.4. The summed E-state index contributed by atoms with van der Waals surface area (Å²) in [5.74, 6) is -0.947. The molecule has 2 aliphatic rings. The van der Waals surface area contributed by atoms with Crippen molar-refractivity contribution in [3.05, 3.63) is 81.9 Å². The van der Waals surface area contributed by atoms with Gasteiger partial charge in [0.15, 0.2) is 5.13 Å². The van der Waals surface area contributed by atoms with Gasteiger partial charge in [-0.25, -0.2) is 4.98 Å². The summed E-state index contributed by atoms with van der Waals surface area (Å²) in [6.07, 6.45) is 0.888. The van der Waals surface area contributed by atoms with Gasteiger partial charge in [-0.1, -0.05) is 42.5 Å². The molecule has 0 bridgehead atoms. The first-order chi connectivity index (χ1) is 15.6. The molecule has 0 atom stereocenters. The minimum atomic E-state index is -0.346. The van der Waals surface area contributed by atoms with Crippen molar-refractivity contribution < 1.29 is 14.4 Å². The Hall–Kier alpha value is -3.36. The van der Waals surface area contributed by atoms with Crippen LogP contribution in [0, 0.1) is 0 Å². The monoisotopic (exact) mass is 446 g/mol. The van der Waals surface area contributed by atoms with E-state index < -0.39 is 0 Å². The number of aromatic nitrogens is 1. The molecule has 3 heterocycles. The van der Waals surface area contributed by atoms with E-state index in [0.29, 0.717) is 16.3 Å². The number of hydrogen-bond donors (Lipinski definition) is 1. The standard InChI is InChI=1S/C24H22N4O3S/c29-21(11-13-28-22(30)17-8-4-5-9-18(17)23(28)31)26-24-25-19-10-12-27(15-20(19)32-24)14-16-6-2-1-3-7-16/h1-9H,10-15H2,(H,25,26,29). The van der Waals surface area contributed by atoms with E-state index in [1.54, 1.807) is 24.3 Å². The lowest BCUT2D eigenvalue weighted by Crippen LogP contribution is -2.32. The van der Waals surface area contributed by atoms with Crippen LogP contribution in [0.1, 0.15) is 43.3 Å². The zero-order valence-corrected chi connectivity index (χ0v) is 18.2. The van der Waals surface area contributed by atoms with Gasteiger partial charge < -0.3 is 5.32 Å². The minimum absolute atomic E-state index is 0.0375. The molecule has 3 aromatic rings. The first-order valence-electron chi connectivity index (χ1n) is 10.6. The molecule has 1 N–H and O–H groups in total. The number of imide groups is 1. The number of amides is 3. The van der Waals surface area contributed by atoms with E-state index in [0.717, 1.165) is 36.6 Å². The van der Waals surface area contributed by atoms with Crippen molar-refractivity contribution in [2.24, 2.45) is 0 Å². The lowest BCUT2D eigenvalue weighted by atomic mass is 10.1. The van der Waals surface area contributed by atoms with Crippen LogP contribution in [0.3, 0.4) is 0 Å². The van der Waals surface area contributed by atoms with E-state index in [4.69, 9.17) is 0 Å². The maximum absolute atomic E-state index is 12.5. The quantitative estimate of drug-likeness (QED) is 0.588. The molecule has 0 saturated heterocycles. The van der Waals surface area contributed by atoms with Crippen molar-refractivity contribution in [2.75, 3.05) is 18.4 Å². The normalized spacial score (nSPS) is 15.6. The highest BCUT2D eigenvalue weighted by Crippen LogP contribution is 2.29. The zero-order valence-electron chi connectivity index (χ0n) is 17.4. The molecule has 0 unspecified atom stereocenters. The number of thiazole rings is 1. The number of anilines is 1. The second-order valence-corrected chi connectivity index (χ2v) is 9.02. The van der Waals surface area contributed by atoms with Crippen molar-refractivity contribution in [3.8, 4) is 0 Å². The summed E-state index contributed by atoms with van der Waals surface area (Å²) in [5.41, 5.74) is 3.10. The molecule has 8 heteroatoms. The molecule has 5 rings (SSSR count). The van der Waals surface area contributed by atoms with E-state index in [1.807, 2.05) is 18.2 Å². The molecule has 0 fully saturated rings. The molecular weight excluding hydrogens is 424 g/mol. The Morgan fingerprint density at radius 1 is 1.00 bits per heavy atom. The number of benzene rings is 2.